The highest BCUT2D eigenvalue weighted by Gasteiger charge is 2.11. The lowest BCUT2D eigenvalue weighted by Crippen LogP contribution is -2.14. The van der Waals surface area contributed by atoms with Gasteiger partial charge in [-0.05, 0) is 49.6 Å². The van der Waals surface area contributed by atoms with Gasteiger partial charge in [0.25, 0.3) is 0 Å². The summed E-state index contributed by atoms with van der Waals surface area (Å²) in [6.45, 7) is 6.38. The second kappa shape index (κ2) is 4.85. The summed E-state index contributed by atoms with van der Waals surface area (Å²) < 4.78 is 0. The van der Waals surface area contributed by atoms with E-state index >= 15 is 0 Å². The summed E-state index contributed by atoms with van der Waals surface area (Å²) in [7, 11) is 0. The van der Waals surface area contributed by atoms with E-state index in [-0.39, 0.29) is 6.04 Å². The van der Waals surface area contributed by atoms with Crippen LogP contribution in [0.3, 0.4) is 0 Å². The zero-order chi connectivity index (χ0) is 10.7. The van der Waals surface area contributed by atoms with Crippen molar-refractivity contribution in [1.29, 1.82) is 0 Å². The molecule has 0 heterocycles. The number of hydrogen-bond acceptors (Lipinski definition) is 2. The van der Waals surface area contributed by atoms with Crippen LogP contribution in [0.1, 0.15) is 34.7 Å². The predicted molar refractivity (Wildman–Crippen MR) is 66.1 cm³/mol. The van der Waals surface area contributed by atoms with E-state index in [1.165, 1.54) is 22.3 Å². The molecule has 0 amide bonds. The number of thiol groups is 1. The van der Waals surface area contributed by atoms with Gasteiger partial charge in [0.05, 0.1) is 0 Å². The summed E-state index contributed by atoms with van der Waals surface area (Å²) in [4.78, 5) is 0. The van der Waals surface area contributed by atoms with Crippen LogP contribution in [-0.4, -0.2) is 5.75 Å². The van der Waals surface area contributed by atoms with Crippen molar-refractivity contribution in [2.75, 3.05) is 5.75 Å². The van der Waals surface area contributed by atoms with Crippen LogP contribution < -0.4 is 5.73 Å². The van der Waals surface area contributed by atoms with Crippen molar-refractivity contribution >= 4 is 12.6 Å². The second-order valence-corrected chi connectivity index (χ2v) is 4.38. The van der Waals surface area contributed by atoms with E-state index < -0.39 is 0 Å². The van der Waals surface area contributed by atoms with Crippen molar-refractivity contribution in [2.24, 2.45) is 5.73 Å². The number of rotatable bonds is 3. The van der Waals surface area contributed by atoms with Gasteiger partial charge in [0.15, 0.2) is 0 Å². The highest BCUT2D eigenvalue weighted by atomic mass is 32.1. The van der Waals surface area contributed by atoms with Crippen molar-refractivity contribution in [3.63, 3.8) is 0 Å². The number of hydrogen-bond donors (Lipinski definition) is 2. The Balaban J connectivity index is 3.07. The topological polar surface area (TPSA) is 26.0 Å². The number of aryl methyl sites for hydroxylation is 3. The normalized spacial score (nSPS) is 12.9. The third kappa shape index (κ3) is 2.52. The highest BCUT2D eigenvalue weighted by molar-refractivity contribution is 7.80. The molecule has 1 aromatic rings. The Morgan fingerprint density at radius 3 is 2.14 bits per heavy atom. The van der Waals surface area contributed by atoms with Gasteiger partial charge in [-0.25, -0.2) is 0 Å². The van der Waals surface area contributed by atoms with Crippen LogP contribution >= 0.6 is 12.6 Å². The van der Waals surface area contributed by atoms with E-state index in [1.54, 1.807) is 0 Å². The van der Waals surface area contributed by atoms with E-state index in [0.717, 1.165) is 12.2 Å². The first-order chi connectivity index (χ1) is 6.56. The Morgan fingerprint density at radius 1 is 1.21 bits per heavy atom. The van der Waals surface area contributed by atoms with Gasteiger partial charge in [0.1, 0.15) is 0 Å². The minimum Gasteiger partial charge on any atom is -0.324 e. The lowest BCUT2D eigenvalue weighted by atomic mass is 9.93. The molecule has 0 aliphatic carbocycles. The Morgan fingerprint density at radius 2 is 1.71 bits per heavy atom. The molecule has 1 unspecified atom stereocenters. The van der Waals surface area contributed by atoms with E-state index in [0.29, 0.717) is 0 Å². The molecule has 0 spiro atoms. The summed E-state index contributed by atoms with van der Waals surface area (Å²) >= 11 is 4.22. The first-order valence-electron chi connectivity index (χ1n) is 5.00. The maximum atomic E-state index is 6.11. The van der Waals surface area contributed by atoms with Gasteiger partial charge in [0, 0.05) is 6.04 Å². The standard InChI is InChI=1S/C12H19NS/c1-8-6-9(2)12(10(3)7-8)11(13)4-5-14/h6-7,11,14H,4-5,13H2,1-3H3. The monoisotopic (exact) mass is 209 g/mol. The van der Waals surface area contributed by atoms with Gasteiger partial charge in [-0.15, -0.1) is 0 Å². The fraction of sp³-hybridized carbons (Fsp3) is 0.500. The van der Waals surface area contributed by atoms with Gasteiger partial charge < -0.3 is 5.73 Å². The average Bonchev–Trinajstić information content (AvgIpc) is 2.01. The van der Waals surface area contributed by atoms with Crippen molar-refractivity contribution in [3.8, 4) is 0 Å². The molecule has 0 fully saturated rings. The Labute approximate surface area is 92.1 Å². The van der Waals surface area contributed by atoms with Crippen LogP contribution in [0.15, 0.2) is 12.1 Å². The molecule has 1 rings (SSSR count). The van der Waals surface area contributed by atoms with E-state index in [2.05, 4.69) is 45.5 Å². The molecule has 0 bridgehead atoms. The molecular weight excluding hydrogens is 190 g/mol. The zero-order valence-corrected chi connectivity index (χ0v) is 10.1. The zero-order valence-electron chi connectivity index (χ0n) is 9.17. The van der Waals surface area contributed by atoms with Gasteiger partial charge >= 0.3 is 0 Å². The van der Waals surface area contributed by atoms with E-state index in [1.807, 2.05) is 0 Å². The van der Waals surface area contributed by atoms with Crippen LogP contribution in [0.5, 0.6) is 0 Å². The van der Waals surface area contributed by atoms with Gasteiger partial charge in [0.2, 0.25) is 0 Å². The lowest BCUT2D eigenvalue weighted by Gasteiger charge is -2.17. The lowest BCUT2D eigenvalue weighted by molar-refractivity contribution is 0.696. The molecule has 1 aromatic carbocycles. The third-order valence-corrected chi connectivity index (χ3v) is 2.81. The van der Waals surface area contributed by atoms with E-state index in [4.69, 9.17) is 5.73 Å². The average molecular weight is 209 g/mol. The molecule has 0 aromatic heterocycles. The first-order valence-corrected chi connectivity index (χ1v) is 5.63. The van der Waals surface area contributed by atoms with Crippen molar-refractivity contribution < 1.29 is 0 Å². The third-order valence-electron chi connectivity index (χ3n) is 2.55. The SMILES string of the molecule is Cc1cc(C)c(C(N)CCS)c(C)c1. The number of nitrogens with two attached hydrogens (primary N) is 1. The largest absolute Gasteiger partial charge is 0.324 e. The summed E-state index contributed by atoms with van der Waals surface area (Å²) in [5, 5.41) is 0. The van der Waals surface area contributed by atoms with Crippen molar-refractivity contribution in [3.05, 3.63) is 34.4 Å². The fourth-order valence-electron chi connectivity index (χ4n) is 2.06. The van der Waals surface area contributed by atoms with Gasteiger partial charge in [-0.3, -0.25) is 0 Å². The van der Waals surface area contributed by atoms with Crippen LogP contribution in [0.2, 0.25) is 0 Å². The highest BCUT2D eigenvalue weighted by Crippen LogP contribution is 2.24. The van der Waals surface area contributed by atoms with Crippen molar-refractivity contribution in [2.45, 2.75) is 33.2 Å². The van der Waals surface area contributed by atoms with Crippen LogP contribution in [0.4, 0.5) is 0 Å². The minimum atomic E-state index is 0.132. The summed E-state index contributed by atoms with van der Waals surface area (Å²) in [5.74, 6) is 0.841. The summed E-state index contributed by atoms with van der Waals surface area (Å²) in [6, 6.07) is 4.52. The molecule has 0 saturated heterocycles. The maximum absolute atomic E-state index is 6.11. The molecule has 1 nitrogen and oxygen atoms in total. The molecule has 78 valence electrons. The van der Waals surface area contributed by atoms with Crippen LogP contribution in [0, 0.1) is 20.8 Å². The quantitative estimate of drug-likeness (QED) is 0.736. The van der Waals surface area contributed by atoms with Gasteiger partial charge in [-0.1, -0.05) is 17.7 Å². The molecular formula is C12H19NS. The smallest absolute Gasteiger partial charge is 0.0307 e. The molecule has 14 heavy (non-hydrogen) atoms. The molecule has 0 saturated carbocycles. The molecule has 0 aliphatic rings. The Kier molecular flexibility index (Phi) is 4.02. The minimum absolute atomic E-state index is 0.132. The van der Waals surface area contributed by atoms with Crippen LogP contribution in [-0.2, 0) is 0 Å². The molecule has 0 aliphatic heterocycles. The second-order valence-electron chi connectivity index (χ2n) is 3.93. The Hall–Kier alpha value is -0.470. The molecule has 1 atom stereocenters. The molecule has 0 radical (unpaired) electrons. The predicted octanol–water partition coefficient (Wildman–Crippen LogP) is 2.93. The van der Waals surface area contributed by atoms with Crippen molar-refractivity contribution in [1.82, 2.24) is 0 Å². The van der Waals surface area contributed by atoms with Gasteiger partial charge in [-0.2, -0.15) is 12.6 Å². The Bertz CT molecular complexity index is 297. The molecule has 2 heteroatoms. The maximum Gasteiger partial charge on any atom is 0.0307 e. The number of benzene rings is 1. The van der Waals surface area contributed by atoms with E-state index in [9.17, 15) is 0 Å². The summed E-state index contributed by atoms with van der Waals surface area (Å²) in [6.07, 6.45) is 0.938. The fourth-order valence-corrected chi connectivity index (χ4v) is 2.34. The first kappa shape index (κ1) is 11.6. The molecule has 2 N–H and O–H groups in total. The van der Waals surface area contributed by atoms with Crippen LogP contribution in [0.25, 0.3) is 0 Å². The summed E-state index contributed by atoms with van der Waals surface area (Å²) in [5.41, 5.74) is 11.3.